The van der Waals surface area contributed by atoms with Crippen molar-refractivity contribution in [1.82, 2.24) is 10.3 Å². The van der Waals surface area contributed by atoms with Gasteiger partial charge in [-0.25, -0.2) is 4.98 Å². The lowest BCUT2D eigenvalue weighted by Crippen LogP contribution is -2.33. The van der Waals surface area contributed by atoms with Gasteiger partial charge in [0.2, 0.25) is 0 Å². The number of nitrogens with one attached hydrogen (secondary N) is 2. The maximum atomic E-state index is 12.2. The zero-order valence-corrected chi connectivity index (χ0v) is 12.2. The molecule has 20 heavy (non-hydrogen) atoms. The van der Waals surface area contributed by atoms with Gasteiger partial charge < -0.3 is 15.4 Å². The van der Waals surface area contributed by atoms with Crippen molar-refractivity contribution in [2.75, 3.05) is 32.1 Å². The smallest absolute Gasteiger partial charge is 0.251 e. The maximum absolute atomic E-state index is 12.2. The van der Waals surface area contributed by atoms with Gasteiger partial charge in [-0.1, -0.05) is 6.92 Å². The van der Waals surface area contributed by atoms with Gasteiger partial charge >= 0.3 is 0 Å². The van der Waals surface area contributed by atoms with Gasteiger partial charge in [0.15, 0.2) is 0 Å². The van der Waals surface area contributed by atoms with Crippen LogP contribution in [0.4, 0.5) is 5.82 Å². The second-order valence-corrected chi connectivity index (χ2v) is 5.13. The summed E-state index contributed by atoms with van der Waals surface area (Å²) in [6.07, 6.45) is 3.02. The van der Waals surface area contributed by atoms with Crippen molar-refractivity contribution < 1.29 is 9.53 Å². The summed E-state index contributed by atoms with van der Waals surface area (Å²) in [5.41, 5.74) is 1.58. The fourth-order valence-corrected chi connectivity index (χ4v) is 2.34. The van der Waals surface area contributed by atoms with Crippen molar-refractivity contribution in [2.24, 2.45) is 5.92 Å². The number of carbonyl (C=O) groups excluding carboxylic acids is 1. The highest BCUT2D eigenvalue weighted by Crippen LogP contribution is 2.14. The van der Waals surface area contributed by atoms with Gasteiger partial charge in [0.05, 0.1) is 6.61 Å². The highest BCUT2D eigenvalue weighted by molar-refractivity contribution is 5.95. The highest BCUT2D eigenvalue weighted by atomic mass is 16.5. The Bertz CT molecular complexity index is 434. The summed E-state index contributed by atoms with van der Waals surface area (Å²) in [5, 5.41) is 5.99. The molecule has 1 aromatic rings. The second kappa shape index (κ2) is 7.24. The Morgan fingerprint density at radius 3 is 3.00 bits per heavy atom. The first-order chi connectivity index (χ1) is 9.72. The van der Waals surface area contributed by atoms with E-state index in [9.17, 15) is 4.79 Å². The molecule has 1 aliphatic rings. The fraction of sp³-hybridized carbons (Fsp3) is 0.600. The summed E-state index contributed by atoms with van der Waals surface area (Å²) in [7, 11) is 1.81. The molecule has 1 saturated heterocycles. The van der Waals surface area contributed by atoms with Crippen molar-refractivity contribution in [1.29, 1.82) is 0 Å². The zero-order chi connectivity index (χ0) is 14.4. The SMILES string of the molecule is CCc1cc(C(=O)NCC2CCCOC2)cc(NC)n1. The number of nitrogens with zero attached hydrogens (tertiary/aromatic N) is 1. The van der Waals surface area contributed by atoms with Gasteiger partial charge in [-0.15, -0.1) is 0 Å². The molecule has 1 amide bonds. The molecule has 2 heterocycles. The number of aromatic nitrogens is 1. The van der Waals surface area contributed by atoms with E-state index >= 15 is 0 Å². The van der Waals surface area contributed by atoms with Gasteiger partial charge in [-0.2, -0.15) is 0 Å². The van der Waals surface area contributed by atoms with Crippen LogP contribution >= 0.6 is 0 Å². The molecule has 110 valence electrons. The van der Waals surface area contributed by atoms with Gasteiger partial charge in [0, 0.05) is 31.5 Å². The third kappa shape index (κ3) is 3.93. The Hall–Kier alpha value is -1.62. The minimum Gasteiger partial charge on any atom is -0.381 e. The summed E-state index contributed by atoms with van der Waals surface area (Å²) in [6, 6.07) is 3.64. The lowest BCUT2D eigenvalue weighted by Gasteiger charge is -2.22. The monoisotopic (exact) mass is 277 g/mol. The fourth-order valence-electron chi connectivity index (χ4n) is 2.34. The van der Waals surface area contributed by atoms with Crippen LogP contribution in [-0.2, 0) is 11.2 Å². The standard InChI is InChI=1S/C15H23N3O2/c1-3-13-7-12(8-14(16-2)18-13)15(19)17-9-11-5-4-6-20-10-11/h7-8,11H,3-6,9-10H2,1-2H3,(H,16,18)(H,17,19). The molecule has 2 N–H and O–H groups in total. The minimum absolute atomic E-state index is 0.0378. The first-order valence-corrected chi connectivity index (χ1v) is 7.27. The van der Waals surface area contributed by atoms with Crippen LogP contribution < -0.4 is 10.6 Å². The molecule has 1 unspecified atom stereocenters. The Morgan fingerprint density at radius 2 is 2.35 bits per heavy atom. The maximum Gasteiger partial charge on any atom is 0.251 e. The van der Waals surface area contributed by atoms with Crippen molar-refractivity contribution in [3.05, 3.63) is 23.4 Å². The Kier molecular flexibility index (Phi) is 5.35. The first-order valence-electron chi connectivity index (χ1n) is 7.27. The van der Waals surface area contributed by atoms with Gasteiger partial charge in [0.25, 0.3) is 5.91 Å². The molecule has 0 saturated carbocycles. The van der Waals surface area contributed by atoms with Crippen molar-refractivity contribution in [3.8, 4) is 0 Å². The lowest BCUT2D eigenvalue weighted by molar-refractivity contribution is 0.0536. The van der Waals surface area contributed by atoms with Crippen LogP contribution in [-0.4, -0.2) is 37.7 Å². The van der Waals surface area contributed by atoms with Crippen LogP contribution in [0.1, 0.15) is 35.8 Å². The summed E-state index contributed by atoms with van der Waals surface area (Å²) < 4.78 is 5.42. The molecule has 1 aliphatic heterocycles. The van der Waals surface area contributed by atoms with Gasteiger partial charge in [-0.3, -0.25) is 4.79 Å². The molecule has 5 nitrogen and oxygen atoms in total. The molecular formula is C15H23N3O2. The highest BCUT2D eigenvalue weighted by Gasteiger charge is 2.16. The van der Waals surface area contributed by atoms with Crippen LogP contribution in [0.5, 0.6) is 0 Å². The van der Waals surface area contributed by atoms with Crippen molar-refractivity contribution in [3.63, 3.8) is 0 Å². The molecule has 0 radical (unpaired) electrons. The Morgan fingerprint density at radius 1 is 1.50 bits per heavy atom. The Balaban J connectivity index is 1.97. The molecule has 0 aliphatic carbocycles. The van der Waals surface area contributed by atoms with Crippen molar-refractivity contribution in [2.45, 2.75) is 26.2 Å². The van der Waals surface area contributed by atoms with Crippen LogP contribution in [0.15, 0.2) is 12.1 Å². The topological polar surface area (TPSA) is 63.2 Å². The van der Waals surface area contributed by atoms with E-state index in [0.29, 0.717) is 18.0 Å². The zero-order valence-electron chi connectivity index (χ0n) is 12.2. The molecule has 0 aromatic carbocycles. The number of pyridine rings is 1. The average molecular weight is 277 g/mol. The first kappa shape index (κ1) is 14.8. The van der Waals surface area contributed by atoms with E-state index in [0.717, 1.165) is 44.0 Å². The van der Waals surface area contributed by atoms with Crippen LogP contribution in [0.25, 0.3) is 0 Å². The van der Waals surface area contributed by atoms with Crippen LogP contribution in [0, 0.1) is 5.92 Å². The third-order valence-electron chi connectivity index (χ3n) is 3.56. The predicted octanol–water partition coefficient (Wildman–Crippen LogP) is 1.84. The summed E-state index contributed by atoms with van der Waals surface area (Å²) >= 11 is 0. The van der Waals surface area contributed by atoms with Crippen LogP contribution in [0.2, 0.25) is 0 Å². The predicted molar refractivity (Wildman–Crippen MR) is 79.0 cm³/mol. The molecule has 1 fully saturated rings. The van der Waals surface area contributed by atoms with E-state index in [1.54, 1.807) is 6.07 Å². The number of amides is 1. The van der Waals surface area contributed by atoms with Crippen molar-refractivity contribution >= 4 is 11.7 Å². The number of anilines is 1. The summed E-state index contributed by atoms with van der Waals surface area (Å²) in [4.78, 5) is 16.6. The average Bonchev–Trinajstić information content (AvgIpc) is 2.52. The number of aryl methyl sites for hydroxylation is 1. The molecule has 2 rings (SSSR count). The van der Waals surface area contributed by atoms with Crippen LogP contribution in [0.3, 0.4) is 0 Å². The largest absolute Gasteiger partial charge is 0.381 e. The lowest BCUT2D eigenvalue weighted by atomic mass is 10.0. The number of carbonyl (C=O) groups is 1. The summed E-state index contributed by atoms with van der Waals surface area (Å²) in [5.74, 6) is 1.13. The molecule has 1 aromatic heterocycles. The van der Waals surface area contributed by atoms with E-state index in [1.165, 1.54) is 0 Å². The molecule has 0 bridgehead atoms. The minimum atomic E-state index is -0.0378. The second-order valence-electron chi connectivity index (χ2n) is 5.13. The van der Waals surface area contributed by atoms with E-state index in [-0.39, 0.29) is 5.91 Å². The molecule has 1 atom stereocenters. The van der Waals surface area contributed by atoms with E-state index in [2.05, 4.69) is 15.6 Å². The van der Waals surface area contributed by atoms with E-state index in [4.69, 9.17) is 4.74 Å². The number of ether oxygens (including phenoxy) is 1. The summed E-state index contributed by atoms with van der Waals surface area (Å²) in [6.45, 7) is 4.30. The number of hydrogen-bond donors (Lipinski definition) is 2. The van der Waals surface area contributed by atoms with E-state index in [1.807, 2.05) is 20.0 Å². The Labute approximate surface area is 120 Å². The normalized spacial score (nSPS) is 18.6. The third-order valence-corrected chi connectivity index (χ3v) is 3.56. The number of hydrogen-bond acceptors (Lipinski definition) is 4. The van der Waals surface area contributed by atoms with Gasteiger partial charge in [-0.05, 0) is 37.3 Å². The van der Waals surface area contributed by atoms with E-state index < -0.39 is 0 Å². The molecule has 0 spiro atoms. The molecular weight excluding hydrogens is 254 g/mol. The molecule has 5 heteroatoms. The quantitative estimate of drug-likeness (QED) is 0.862. The van der Waals surface area contributed by atoms with Gasteiger partial charge in [0.1, 0.15) is 5.82 Å². The number of rotatable bonds is 5.